The molecule has 0 unspecified atom stereocenters. The van der Waals surface area contributed by atoms with Gasteiger partial charge in [-0.1, -0.05) is 26.8 Å². The summed E-state index contributed by atoms with van der Waals surface area (Å²) in [6, 6.07) is 8.27. The molecule has 1 fully saturated rings. The molecule has 3 aromatic rings. The van der Waals surface area contributed by atoms with Gasteiger partial charge in [-0.25, -0.2) is 4.98 Å². The van der Waals surface area contributed by atoms with Crippen LogP contribution in [0.2, 0.25) is 0 Å². The van der Waals surface area contributed by atoms with Gasteiger partial charge in [-0.05, 0) is 67.7 Å². The van der Waals surface area contributed by atoms with E-state index in [-0.39, 0.29) is 22.9 Å². The molecular weight excluding hydrogens is 482 g/mol. The van der Waals surface area contributed by atoms with Gasteiger partial charge in [0.15, 0.2) is 0 Å². The fraction of sp³-hybridized carbons (Fsp3) is 0.567. The lowest BCUT2D eigenvalue weighted by Gasteiger charge is -2.23. The minimum atomic E-state index is -0.316. The summed E-state index contributed by atoms with van der Waals surface area (Å²) >= 11 is 0. The van der Waals surface area contributed by atoms with Gasteiger partial charge >= 0.3 is 5.97 Å². The predicted molar refractivity (Wildman–Crippen MR) is 148 cm³/mol. The largest absolute Gasteiger partial charge is 0.465 e. The Bertz CT molecular complexity index is 1300. The lowest BCUT2D eigenvalue weighted by molar-refractivity contribution is -0.153. The lowest BCUT2D eigenvalue weighted by Crippen LogP contribution is -2.26. The van der Waals surface area contributed by atoms with Crippen molar-refractivity contribution >= 4 is 17.0 Å². The molecule has 0 spiro atoms. The standard InChI is InChI=1S/C30H41N3O5/c1-20-14-24(16-31-28(20)34)27-32-25-15-21(6-8-23(18-36-5)29(35)38-19-30(2,3)4)7-9-26(25)33(27)17-22-10-12-37-13-11-22/h7,9,14-16,22-23H,6,8,10-13,17-19H2,1-5H3,(H,31,34)/t23-/m0/s1. The summed E-state index contributed by atoms with van der Waals surface area (Å²) in [5.74, 6) is 0.839. The van der Waals surface area contributed by atoms with Crippen molar-refractivity contribution in [2.45, 2.75) is 59.9 Å². The number of nitrogens with one attached hydrogen (secondary N) is 1. The molecule has 4 rings (SSSR count). The Morgan fingerprint density at radius 3 is 2.68 bits per heavy atom. The molecule has 0 amide bonds. The Kier molecular flexibility index (Phi) is 9.05. The highest BCUT2D eigenvalue weighted by molar-refractivity contribution is 5.81. The molecule has 8 heteroatoms. The predicted octanol–water partition coefficient (Wildman–Crippen LogP) is 4.91. The number of H-pyrrole nitrogens is 1. The number of esters is 1. The maximum atomic E-state index is 12.7. The third-order valence-electron chi connectivity index (χ3n) is 7.07. The number of aromatic nitrogens is 3. The average Bonchev–Trinajstić information content (AvgIpc) is 3.24. The molecule has 3 heterocycles. The molecule has 2 aromatic heterocycles. The summed E-state index contributed by atoms with van der Waals surface area (Å²) in [6.07, 6.45) is 5.14. The number of fused-ring (bicyclic) bond motifs is 1. The number of methoxy groups -OCH3 is 1. The van der Waals surface area contributed by atoms with Gasteiger partial charge in [0.2, 0.25) is 0 Å². The average molecular weight is 524 g/mol. The van der Waals surface area contributed by atoms with Crippen LogP contribution in [0.5, 0.6) is 0 Å². The van der Waals surface area contributed by atoms with E-state index < -0.39 is 0 Å². The van der Waals surface area contributed by atoms with E-state index in [0.29, 0.717) is 37.5 Å². The maximum absolute atomic E-state index is 12.7. The Labute approximate surface area is 224 Å². The number of ether oxygens (including phenoxy) is 3. The van der Waals surface area contributed by atoms with Crippen molar-refractivity contribution in [2.75, 3.05) is 33.5 Å². The van der Waals surface area contributed by atoms with Gasteiger partial charge < -0.3 is 23.8 Å². The van der Waals surface area contributed by atoms with Crippen LogP contribution in [-0.2, 0) is 32.0 Å². The summed E-state index contributed by atoms with van der Waals surface area (Å²) < 4.78 is 18.7. The second-order valence-corrected chi connectivity index (χ2v) is 11.7. The normalized spacial score (nSPS) is 15.6. The van der Waals surface area contributed by atoms with E-state index in [1.807, 2.05) is 33.8 Å². The van der Waals surface area contributed by atoms with Gasteiger partial charge in [0.05, 0.1) is 30.2 Å². The topological polar surface area (TPSA) is 95.4 Å². The van der Waals surface area contributed by atoms with Gasteiger partial charge in [-0.2, -0.15) is 0 Å². The van der Waals surface area contributed by atoms with E-state index in [1.165, 1.54) is 0 Å². The zero-order valence-corrected chi connectivity index (χ0v) is 23.3. The summed E-state index contributed by atoms with van der Waals surface area (Å²) in [6.45, 7) is 11.1. The number of aryl methyl sites for hydroxylation is 2. The number of carbonyl (C=O) groups excluding carboxylic acids is 1. The highest BCUT2D eigenvalue weighted by atomic mass is 16.5. The summed E-state index contributed by atoms with van der Waals surface area (Å²) in [5.41, 5.74) is 4.48. The number of carbonyl (C=O) groups is 1. The Morgan fingerprint density at radius 1 is 1.24 bits per heavy atom. The molecule has 1 N–H and O–H groups in total. The van der Waals surface area contributed by atoms with Gasteiger partial charge in [0.25, 0.3) is 5.56 Å². The van der Waals surface area contributed by atoms with Crippen molar-refractivity contribution in [3.05, 3.63) is 51.9 Å². The van der Waals surface area contributed by atoms with Crippen LogP contribution in [-0.4, -0.2) is 54.0 Å². The van der Waals surface area contributed by atoms with Crippen molar-refractivity contribution in [2.24, 2.45) is 17.3 Å². The molecule has 1 aromatic carbocycles. The quantitative estimate of drug-likeness (QED) is 0.380. The van der Waals surface area contributed by atoms with Crippen LogP contribution in [0.15, 0.2) is 35.3 Å². The van der Waals surface area contributed by atoms with Crippen LogP contribution < -0.4 is 5.56 Å². The van der Waals surface area contributed by atoms with Crippen molar-refractivity contribution < 1.29 is 19.0 Å². The molecular formula is C30H41N3O5. The molecule has 0 aliphatic carbocycles. The highest BCUT2D eigenvalue weighted by Crippen LogP contribution is 2.29. The monoisotopic (exact) mass is 523 g/mol. The number of aromatic amines is 1. The number of rotatable bonds is 10. The van der Waals surface area contributed by atoms with Crippen molar-refractivity contribution in [1.29, 1.82) is 0 Å². The zero-order valence-electron chi connectivity index (χ0n) is 23.3. The Balaban J connectivity index is 1.59. The van der Waals surface area contributed by atoms with Crippen LogP contribution in [0.3, 0.4) is 0 Å². The van der Waals surface area contributed by atoms with Gasteiger partial charge in [0, 0.05) is 44.2 Å². The molecule has 0 saturated carbocycles. The Morgan fingerprint density at radius 2 is 2.00 bits per heavy atom. The van der Waals surface area contributed by atoms with E-state index in [1.54, 1.807) is 13.3 Å². The number of nitrogens with zero attached hydrogens (tertiary/aromatic N) is 2. The summed E-state index contributed by atoms with van der Waals surface area (Å²) in [7, 11) is 1.61. The SMILES string of the molecule is COC[C@H](CCc1ccc2c(c1)nc(-c1c[nH]c(=O)c(C)c1)n2CC1CCOCC1)C(=O)OCC(C)(C)C. The Hall–Kier alpha value is -2.97. The lowest BCUT2D eigenvalue weighted by atomic mass is 9.97. The molecule has 0 radical (unpaired) electrons. The van der Waals surface area contributed by atoms with E-state index in [4.69, 9.17) is 19.2 Å². The molecule has 206 valence electrons. The summed E-state index contributed by atoms with van der Waals surface area (Å²) in [4.78, 5) is 32.6. The fourth-order valence-electron chi connectivity index (χ4n) is 4.87. The van der Waals surface area contributed by atoms with Crippen LogP contribution in [0.1, 0.15) is 51.2 Å². The van der Waals surface area contributed by atoms with Crippen molar-refractivity contribution in [3.8, 4) is 11.4 Å². The smallest absolute Gasteiger partial charge is 0.311 e. The van der Waals surface area contributed by atoms with E-state index in [9.17, 15) is 9.59 Å². The van der Waals surface area contributed by atoms with Gasteiger partial charge in [0.1, 0.15) is 5.82 Å². The van der Waals surface area contributed by atoms with Gasteiger partial charge in [-0.15, -0.1) is 0 Å². The first-order chi connectivity index (χ1) is 18.1. The number of benzene rings is 1. The fourth-order valence-corrected chi connectivity index (χ4v) is 4.87. The third kappa shape index (κ3) is 7.11. The number of hydrogen-bond donors (Lipinski definition) is 1. The minimum absolute atomic E-state index is 0.0796. The van der Waals surface area contributed by atoms with Crippen LogP contribution in [0, 0.1) is 24.2 Å². The maximum Gasteiger partial charge on any atom is 0.311 e. The molecule has 8 nitrogen and oxygen atoms in total. The van der Waals surface area contributed by atoms with Crippen LogP contribution >= 0.6 is 0 Å². The first-order valence-electron chi connectivity index (χ1n) is 13.6. The highest BCUT2D eigenvalue weighted by Gasteiger charge is 2.24. The zero-order chi connectivity index (χ0) is 27.3. The molecule has 1 aliphatic rings. The van der Waals surface area contributed by atoms with E-state index in [0.717, 1.165) is 60.6 Å². The number of pyridine rings is 1. The first-order valence-corrected chi connectivity index (χ1v) is 13.6. The van der Waals surface area contributed by atoms with Crippen LogP contribution in [0.25, 0.3) is 22.4 Å². The molecule has 1 atom stereocenters. The summed E-state index contributed by atoms with van der Waals surface area (Å²) in [5, 5.41) is 0. The van der Waals surface area contributed by atoms with Crippen molar-refractivity contribution in [3.63, 3.8) is 0 Å². The third-order valence-corrected chi connectivity index (χ3v) is 7.07. The molecule has 1 aliphatic heterocycles. The van der Waals surface area contributed by atoms with E-state index >= 15 is 0 Å². The second kappa shape index (κ2) is 12.3. The second-order valence-electron chi connectivity index (χ2n) is 11.7. The molecule has 1 saturated heterocycles. The number of hydrogen-bond acceptors (Lipinski definition) is 6. The van der Waals surface area contributed by atoms with Crippen molar-refractivity contribution in [1.82, 2.24) is 14.5 Å². The van der Waals surface area contributed by atoms with E-state index in [2.05, 4.69) is 27.8 Å². The van der Waals surface area contributed by atoms with Gasteiger partial charge in [-0.3, -0.25) is 9.59 Å². The number of imidazole rings is 1. The molecule has 38 heavy (non-hydrogen) atoms. The first kappa shape index (κ1) is 28.0. The molecule has 0 bridgehead atoms. The van der Waals surface area contributed by atoms with Crippen LogP contribution in [0.4, 0.5) is 0 Å². The minimum Gasteiger partial charge on any atom is -0.465 e.